The van der Waals surface area contributed by atoms with Gasteiger partial charge in [0.15, 0.2) is 0 Å². The number of hydrogen-bond donors (Lipinski definition) is 1. The summed E-state index contributed by atoms with van der Waals surface area (Å²) in [4.78, 5) is 11.8. The van der Waals surface area contributed by atoms with Crippen LogP contribution in [0.15, 0.2) is 78.9 Å². The van der Waals surface area contributed by atoms with Crippen LogP contribution in [0.4, 0.5) is 17.1 Å². The summed E-state index contributed by atoms with van der Waals surface area (Å²) < 4.78 is 0. The summed E-state index contributed by atoms with van der Waals surface area (Å²) in [5.74, 6) is 0.497. The number of nitrogens with zero attached hydrogens (tertiary/aromatic N) is 1. The number of fused-ring (bicyclic) bond motifs is 1. The fraction of sp³-hybridized carbons (Fsp3) is 0.214. The molecule has 4 nitrogen and oxygen atoms in total. The average molecular weight is 425 g/mol. The monoisotopic (exact) mass is 424 g/mol. The Morgan fingerprint density at radius 2 is 1.34 bits per heavy atom. The lowest BCUT2D eigenvalue weighted by atomic mass is 9.88. The van der Waals surface area contributed by atoms with Gasteiger partial charge in [-0.1, -0.05) is 82.3 Å². The van der Waals surface area contributed by atoms with Crippen molar-refractivity contribution in [2.75, 3.05) is 5.32 Å². The first kappa shape index (κ1) is 21.6. The number of hydrogen-bond acceptors (Lipinski definition) is 3. The first-order chi connectivity index (χ1) is 15.4. The molecule has 0 spiro atoms. The van der Waals surface area contributed by atoms with Crippen LogP contribution >= 0.6 is 0 Å². The maximum absolute atomic E-state index is 12.1. The van der Waals surface area contributed by atoms with E-state index < -0.39 is 0 Å². The van der Waals surface area contributed by atoms with Crippen molar-refractivity contribution in [1.82, 2.24) is 0 Å². The van der Waals surface area contributed by atoms with Gasteiger partial charge >= 0.3 is 0 Å². The Kier molecular flexibility index (Phi) is 5.95. The van der Waals surface area contributed by atoms with E-state index in [1.54, 1.807) is 0 Å². The van der Waals surface area contributed by atoms with E-state index in [2.05, 4.69) is 57.3 Å². The van der Waals surface area contributed by atoms with Crippen molar-refractivity contribution in [2.45, 2.75) is 39.5 Å². The van der Waals surface area contributed by atoms with E-state index in [1.165, 1.54) is 5.56 Å². The van der Waals surface area contributed by atoms with Crippen molar-refractivity contribution in [3.8, 4) is 11.1 Å². The lowest BCUT2D eigenvalue weighted by Crippen LogP contribution is -2.06. The zero-order chi connectivity index (χ0) is 22.8. The normalized spacial score (nSPS) is 11.3. The van der Waals surface area contributed by atoms with Gasteiger partial charge in [0.2, 0.25) is 0 Å². The minimum Gasteiger partial charge on any atom is -0.349 e. The minimum absolute atomic E-state index is 0.111. The van der Waals surface area contributed by atoms with Crippen LogP contribution in [0.1, 0.15) is 50.7 Å². The van der Waals surface area contributed by atoms with Gasteiger partial charge < -0.3 is 5.32 Å². The molecule has 0 radical (unpaired) electrons. The summed E-state index contributed by atoms with van der Waals surface area (Å²) in [7, 11) is 0. The van der Waals surface area contributed by atoms with Crippen molar-refractivity contribution in [3.63, 3.8) is 0 Å². The summed E-state index contributed by atoms with van der Waals surface area (Å²) in [6.45, 7) is 8.64. The highest BCUT2D eigenvalue weighted by molar-refractivity contribution is 5.97. The Morgan fingerprint density at radius 3 is 1.94 bits per heavy atom. The van der Waals surface area contributed by atoms with Crippen LogP contribution in [0.25, 0.3) is 21.9 Å². The lowest BCUT2D eigenvalue weighted by Gasteiger charge is -2.23. The van der Waals surface area contributed by atoms with Gasteiger partial charge in [-0.2, -0.15) is 0 Å². The summed E-state index contributed by atoms with van der Waals surface area (Å²) in [5.41, 5.74) is 6.23. The van der Waals surface area contributed by atoms with Crippen molar-refractivity contribution >= 4 is 27.8 Å². The number of nitro benzene ring substituents is 1. The van der Waals surface area contributed by atoms with Crippen LogP contribution in [0.3, 0.4) is 0 Å². The summed E-state index contributed by atoms with van der Waals surface area (Å²) >= 11 is 0. The number of rotatable bonds is 6. The van der Waals surface area contributed by atoms with Crippen LogP contribution in [0.5, 0.6) is 0 Å². The summed E-state index contributed by atoms with van der Waals surface area (Å²) in [6.07, 6.45) is 0. The van der Waals surface area contributed by atoms with E-state index in [0.29, 0.717) is 11.1 Å². The molecule has 0 aromatic heterocycles. The molecule has 0 unspecified atom stereocenters. The van der Waals surface area contributed by atoms with Gasteiger partial charge in [-0.15, -0.1) is 0 Å². The van der Waals surface area contributed by atoms with Crippen LogP contribution in [0.2, 0.25) is 0 Å². The third kappa shape index (κ3) is 4.09. The highest BCUT2D eigenvalue weighted by atomic mass is 16.6. The molecule has 4 heteroatoms. The van der Waals surface area contributed by atoms with Gasteiger partial charge in [-0.25, -0.2) is 0 Å². The molecule has 0 heterocycles. The van der Waals surface area contributed by atoms with Crippen LogP contribution < -0.4 is 5.32 Å². The van der Waals surface area contributed by atoms with Crippen LogP contribution in [-0.4, -0.2) is 4.92 Å². The average Bonchev–Trinajstić information content (AvgIpc) is 2.78. The standard InChI is InChI=1S/C28H28N2O2/c1-18(2)24-16-22(20-10-6-5-7-11-20)17-25(19(3)4)27(24)29-26-15-14-21-12-8-9-13-23(21)28(26)30(31)32/h5-19,29H,1-4H3. The van der Waals surface area contributed by atoms with Crippen molar-refractivity contribution in [3.05, 3.63) is 100 Å². The fourth-order valence-corrected chi connectivity index (χ4v) is 4.23. The first-order valence-electron chi connectivity index (χ1n) is 11.0. The third-order valence-corrected chi connectivity index (χ3v) is 5.89. The Labute approximate surface area is 189 Å². The molecule has 32 heavy (non-hydrogen) atoms. The van der Waals surface area contributed by atoms with E-state index in [4.69, 9.17) is 0 Å². The summed E-state index contributed by atoms with van der Waals surface area (Å²) in [5, 5.41) is 17.0. The molecule has 0 aliphatic carbocycles. The zero-order valence-electron chi connectivity index (χ0n) is 18.9. The molecular formula is C28H28N2O2. The van der Waals surface area contributed by atoms with Crippen LogP contribution in [-0.2, 0) is 0 Å². The highest BCUT2D eigenvalue weighted by Crippen LogP contribution is 2.41. The molecule has 0 saturated heterocycles. The van der Waals surface area contributed by atoms with E-state index in [0.717, 1.165) is 27.8 Å². The van der Waals surface area contributed by atoms with Crippen molar-refractivity contribution in [2.24, 2.45) is 0 Å². The molecule has 162 valence electrons. The van der Waals surface area contributed by atoms with Gasteiger partial charge in [0.25, 0.3) is 5.69 Å². The van der Waals surface area contributed by atoms with Gasteiger partial charge in [-0.3, -0.25) is 10.1 Å². The van der Waals surface area contributed by atoms with E-state index in [9.17, 15) is 10.1 Å². The Bertz CT molecular complexity index is 1250. The van der Waals surface area contributed by atoms with Gasteiger partial charge in [-0.05, 0) is 63.7 Å². The van der Waals surface area contributed by atoms with Gasteiger partial charge in [0.1, 0.15) is 5.69 Å². The maximum atomic E-state index is 12.1. The Balaban J connectivity index is 1.92. The molecule has 4 aromatic carbocycles. The molecule has 4 rings (SSSR count). The van der Waals surface area contributed by atoms with Gasteiger partial charge in [0.05, 0.1) is 10.3 Å². The molecule has 0 saturated carbocycles. The smallest absolute Gasteiger partial charge is 0.300 e. The second-order valence-corrected chi connectivity index (χ2v) is 8.77. The largest absolute Gasteiger partial charge is 0.349 e. The fourth-order valence-electron chi connectivity index (χ4n) is 4.23. The minimum atomic E-state index is -0.285. The van der Waals surface area contributed by atoms with E-state index in [1.807, 2.05) is 54.6 Å². The molecule has 0 aliphatic heterocycles. The molecular weight excluding hydrogens is 396 g/mol. The molecule has 4 aromatic rings. The molecule has 0 aliphatic rings. The lowest BCUT2D eigenvalue weighted by molar-refractivity contribution is -0.382. The number of nitro groups is 1. The van der Waals surface area contributed by atoms with Gasteiger partial charge in [0, 0.05) is 5.69 Å². The van der Waals surface area contributed by atoms with Crippen LogP contribution in [0, 0.1) is 10.1 Å². The SMILES string of the molecule is CC(C)c1cc(-c2ccccc2)cc(C(C)C)c1Nc1ccc2ccccc2c1[N+](=O)[O-]. The molecule has 0 bridgehead atoms. The molecule has 1 N–H and O–H groups in total. The quantitative estimate of drug-likeness (QED) is 0.250. The molecule has 0 atom stereocenters. The second kappa shape index (κ2) is 8.83. The number of anilines is 2. The first-order valence-corrected chi connectivity index (χ1v) is 11.0. The predicted octanol–water partition coefficient (Wildman–Crippen LogP) is 8.41. The van der Waals surface area contributed by atoms with E-state index in [-0.39, 0.29) is 22.4 Å². The zero-order valence-corrected chi connectivity index (χ0v) is 18.9. The third-order valence-electron chi connectivity index (χ3n) is 5.89. The molecule has 0 amide bonds. The van der Waals surface area contributed by atoms with Crippen molar-refractivity contribution in [1.29, 1.82) is 0 Å². The maximum Gasteiger partial charge on any atom is 0.300 e. The summed E-state index contributed by atoms with van der Waals surface area (Å²) in [6, 6.07) is 26.0. The number of benzene rings is 4. The topological polar surface area (TPSA) is 55.2 Å². The Hall–Kier alpha value is -3.66. The number of nitrogens with one attached hydrogen (secondary N) is 1. The Morgan fingerprint density at radius 1 is 0.750 bits per heavy atom. The predicted molar refractivity (Wildman–Crippen MR) is 134 cm³/mol. The van der Waals surface area contributed by atoms with Crippen molar-refractivity contribution < 1.29 is 4.92 Å². The molecule has 0 fully saturated rings. The highest BCUT2D eigenvalue weighted by Gasteiger charge is 2.22. The second-order valence-electron chi connectivity index (χ2n) is 8.77. The van der Waals surface area contributed by atoms with E-state index >= 15 is 0 Å².